The van der Waals surface area contributed by atoms with Gasteiger partial charge in [-0.15, -0.1) is 0 Å². The Hall–Kier alpha value is -4.92. The lowest BCUT2D eigenvalue weighted by Crippen LogP contribution is -2.27. The van der Waals surface area contributed by atoms with Gasteiger partial charge >= 0.3 is 0 Å². The van der Waals surface area contributed by atoms with Gasteiger partial charge in [0, 0.05) is 70.7 Å². The summed E-state index contributed by atoms with van der Waals surface area (Å²) in [6, 6.07) is 11.6. The third-order valence-corrected chi connectivity index (χ3v) is 11.5. The van der Waals surface area contributed by atoms with Crippen molar-refractivity contribution in [1.29, 1.82) is 0 Å². The molecule has 0 unspecified atom stereocenters. The average Bonchev–Trinajstić information content (AvgIpc) is 3.17. The second-order valence-electron chi connectivity index (χ2n) is 15.8. The van der Waals surface area contributed by atoms with Crippen molar-refractivity contribution >= 4 is 37.3 Å². The Kier molecular flexibility index (Phi) is 11.8. The van der Waals surface area contributed by atoms with E-state index < -0.39 is 0 Å². The van der Waals surface area contributed by atoms with E-state index in [4.69, 9.17) is 30.0 Å². The summed E-state index contributed by atoms with van der Waals surface area (Å²) in [6.45, 7) is 6.06. The zero-order valence-corrected chi connectivity index (χ0v) is 31.9. The lowest BCUT2D eigenvalue weighted by molar-refractivity contribution is 0.389. The van der Waals surface area contributed by atoms with Gasteiger partial charge in [0.25, 0.3) is 0 Å². The third-order valence-electron chi connectivity index (χ3n) is 11.5. The summed E-state index contributed by atoms with van der Waals surface area (Å²) in [5, 5.41) is 34.2. The highest BCUT2D eigenvalue weighted by molar-refractivity contribution is 5.94. The van der Waals surface area contributed by atoms with Gasteiger partial charge in [-0.25, -0.2) is 0 Å². The monoisotopic (exact) mass is 726 g/mol. The van der Waals surface area contributed by atoms with Crippen LogP contribution in [0.2, 0.25) is 0 Å². The van der Waals surface area contributed by atoms with E-state index in [1.54, 1.807) is 37.3 Å². The third kappa shape index (κ3) is 8.88. The Morgan fingerprint density at radius 1 is 0.333 bits per heavy atom. The normalized spacial score (nSPS) is 26.1. The summed E-state index contributed by atoms with van der Waals surface area (Å²) >= 11 is 0. The van der Waals surface area contributed by atoms with Gasteiger partial charge in [0.2, 0.25) is 0 Å². The number of aliphatic imine (C=N–C) groups is 6. The first kappa shape index (κ1) is 37.4. The minimum absolute atomic E-state index is 0.0317. The second kappa shape index (κ2) is 17.0. The number of rotatable bonds is 0. The van der Waals surface area contributed by atoms with Crippen LogP contribution >= 0.6 is 0 Å². The minimum atomic E-state index is -0.0317. The lowest BCUT2D eigenvalue weighted by Gasteiger charge is -2.26. The van der Waals surface area contributed by atoms with Crippen LogP contribution in [-0.2, 0) is 0 Å². The van der Waals surface area contributed by atoms with Crippen molar-refractivity contribution in [3.63, 3.8) is 0 Å². The molecule has 282 valence electrons. The Balaban J connectivity index is 1.29. The maximum Gasteiger partial charge on any atom is 0.133 e. The van der Waals surface area contributed by atoms with Gasteiger partial charge in [-0.05, 0) is 112 Å². The van der Waals surface area contributed by atoms with E-state index in [1.165, 1.54) is 0 Å². The highest BCUT2D eigenvalue weighted by atomic mass is 16.3. The molecule has 3 aliphatic carbocycles. The molecule has 3 aromatic carbocycles. The van der Waals surface area contributed by atoms with Crippen LogP contribution in [-0.4, -0.2) is 88.9 Å². The molecule has 0 spiro atoms. The second-order valence-corrected chi connectivity index (χ2v) is 15.8. The van der Waals surface area contributed by atoms with Crippen molar-refractivity contribution in [3.05, 3.63) is 86.5 Å². The summed E-state index contributed by atoms with van der Waals surface area (Å²) in [5.74, 6) is 0.485. The smallest absolute Gasteiger partial charge is 0.133 e. The van der Waals surface area contributed by atoms with E-state index in [1.807, 2.05) is 57.2 Å². The number of hydrogen-bond acceptors (Lipinski definition) is 9. The van der Waals surface area contributed by atoms with Gasteiger partial charge in [-0.1, -0.05) is 38.5 Å². The maximum absolute atomic E-state index is 11.4. The van der Waals surface area contributed by atoms with Crippen LogP contribution in [0.3, 0.4) is 0 Å². The van der Waals surface area contributed by atoms with Gasteiger partial charge in [0.05, 0.1) is 36.3 Å². The van der Waals surface area contributed by atoms with Gasteiger partial charge in [-0.2, -0.15) is 0 Å². The van der Waals surface area contributed by atoms with Crippen molar-refractivity contribution in [3.8, 4) is 17.2 Å². The van der Waals surface area contributed by atoms with Crippen LogP contribution in [0.25, 0.3) is 0 Å². The zero-order chi connectivity index (χ0) is 37.6. The van der Waals surface area contributed by atoms with Gasteiger partial charge in [0.15, 0.2) is 0 Å². The average molecular weight is 727 g/mol. The molecule has 1 aliphatic heterocycles. The quantitative estimate of drug-likeness (QED) is 0.214. The molecular formula is C45H54N6O3. The molecule has 7 rings (SSSR count). The van der Waals surface area contributed by atoms with E-state index in [0.29, 0.717) is 33.4 Å². The molecule has 3 saturated carbocycles. The molecule has 0 radical (unpaired) electrons. The summed E-state index contributed by atoms with van der Waals surface area (Å²) in [6.07, 6.45) is 22.7. The SMILES string of the molecule is Cc1cc2c(O)c(c1)C=N[C@H]1CCCC[C@@H]1N=Cc1cc(C)cc(c1O)C=N[C@H]1CCCC[C@@H]1N=Cc1cc(C)cc(c1O)C=N[C@H]1CCCC[C@@H]1N=C2. The molecule has 3 N–H and O–H groups in total. The van der Waals surface area contributed by atoms with E-state index in [9.17, 15) is 15.3 Å². The number of aromatic hydroxyl groups is 3. The minimum Gasteiger partial charge on any atom is -0.507 e. The van der Waals surface area contributed by atoms with Crippen LogP contribution in [0.5, 0.6) is 17.2 Å². The number of phenolic OH excluding ortho intramolecular Hbond substituents is 3. The Bertz CT molecular complexity index is 1660. The predicted molar refractivity (Wildman–Crippen MR) is 222 cm³/mol. The molecule has 1 heterocycles. The summed E-state index contributed by atoms with van der Waals surface area (Å²) < 4.78 is 0. The molecule has 6 atom stereocenters. The molecule has 0 aromatic heterocycles. The fraction of sp³-hybridized carbons (Fsp3) is 0.467. The lowest BCUT2D eigenvalue weighted by atomic mass is 9.91. The molecule has 0 amide bonds. The fourth-order valence-electron chi connectivity index (χ4n) is 8.47. The Morgan fingerprint density at radius 2 is 0.500 bits per heavy atom. The van der Waals surface area contributed by atoms with Crippen molar-refractivity contribution in [2.24, 2.45) is 30.0 Å². The van der Waals surface area contributed by atoms with Crippen molar-refractivity contribution < 1.29 is 15.3 Å². The summed E-state index contributed by atoms with van der Waals surface area (Å²) in [7, 11) is 0. The van der Waals surface area contributed by atoms with E-state index in [0.717, 1.165) is 93.7 Å². The van der Waals surface area contributed by atoms with Crippen molar-refractivity contribution in [2.75, 3.05) is 0 Å². The van der Waals surface area contributed by atoms with Crippen molar-refractivity contribution in [2.45, 2.75) is 134 Å². The maximum atomic E-state index is 11.4. The fourth-order valence-corrected chi connectivity index (χ4v) is 8.47. The molecule has 3 aromatic rings. The van der Waals surface area contributed by atoms with Gasteiger partial charge < -0.3 is 15.3 Å². The zero-order valence-electron chi connectivity index (χ0n) is 31.9. The van der Waals surface area contributed by atoms with Crippen LogP contribution < -0.4 is 0 Å². The van der Waals surface area contributed by atoms with Crippen LogP contribution in [0.4, 0.5) is 0 Å². The van der Waals surface area contributed by atoms with Crippen LogP contribution in [0.15, 0.2) is 66.4 Å². The molecule has 9 heteroatoms. The van der Waals surface area contributed by atoms with Crippen LogP contribution in [0, 0.1) is 20.8 Å². The molecule has 54 heavy (non-hydrogen) atoms. The van der Waals surface area contributed by atoms with E-state index in [2.05, 4.69) is 0 Å². The molecule has 3 fully saturated rings. The Morgan fingerprint density at radius 3 is 0.667 bits per heavy atom. The van der Waals surface area contributed by atoms with Crippen molar-refractivity contribution in [1.82, 2.24) is 0 Å². The van der Waals surface area contributed by atoms with Gasteiger partial charge in [0.1, 0.15) is 17.2 Å². The summed E-state index contributed by atoms with van der Waals surface area (Å²) in [5.41, 5.74) is 7.01. The van der Waals surface area contributed by atoms with E-state index >= 15 is 0 Å². The first-order valence-corrected chi connectivity index (χ1v) is 19.9. The molecule has 4 aliphatic rings. The number of phenols is 3. The Labute approximate surface area is 319 Å². The first-order chi connectivity index (χ1) is 26.2. The standard InChI is InChI=1S/C45H54N6O3/c1-28-16-31-22-46-37-10-4-6-12-39(37)48-24-33-18-29(2)20-35(44(33)53)26-50-41-14-8-9-15-42(41)51-27-36-21-30(3)19-34(45(36)54)25-49-40-13-7-5-11-38(40)47-23-32(17-28)43(31)52/h16-27,37-42,52-54H,4-15H2,1-3H3/t37-,38-,39-,40-,41-,42-/m0/s1. The molecular weight excluding hydrogens is 673 g/mol. The van der Waals surface area contributed by atoms with Gasteiger partial charge in [-0.3, -0.25) is 30.0 Å². The number of benzene rings is 3. The summed E-state index contributed by atoms with van der Waals surface area (Å²) in [4.78, 5) is 30.0. The van der Waals surface area contributed by atoms with E-state index in [-0.39, 0.29) is 53.5 Å². The highest BCUT2D eigenvalue weighted by Crippen LogP contribution is 2.31. The number of fused-ring (bicyclic) bond motifs is 9. The molecule has 6 bridgehead atoms. The highest BCUT2D eigenvalue weighted by Gasteiger charge is 2.26. The number of hydrogen-bond donors (Lipinski definition) is 3. The molecule has 0 saturated heterocycles. The number of aryl methyl sites for hydroxylation is 3. The van der Waals surface area contributed by atoms with Crippen LogP contribution in [0.1, 0.15) is 127 Å². The molecule has 9 nitrogen and oxygen atoms in total. The topological polar surface area (TPSA) is 135 Å². The largest absolute Gasteiger partial charge is 0.507 e. The predicted octanol–water partition coefficient (Wildman–Crippen LogP) is 8.59. The number of nitrogens with zero attached hydrogens (tertiary/aromatic N) is 6. The first-order valence-electron chi connectivity index (χ1n) is 19.9.